The summed E-state index contributed by atoms with van der Waals surface area (Å²) in [6, 6.07) is 13.7. The molecule has 0 saturated carbocycles. The molecule has 0 saturated heterocycles. The van der Waals surface area contributed by atoms with E-state index in [2.05, 4.69) is 10.3 Å². The Labute approximate surface area is 158 Å². The van der Waals surface area contributed by atoms with E-state index < -0.39 is 11.7 Å². The summed E-state index contributed by atoms with van der Waals surface area (Å²) >= 11 is 0. The van der Waals surface area contributed by atoms with Crippen molar-refractivity contribution in [3.63, 3.8) is 0 Å². The van der Waals surface area contributed by atoms with Crippen LogP contribution in [0.1, 0.15) is 46.0 Å². The maximum Gasteiger partial charge on any atom is 0.408 e. The molecule has 6 heteroatoms. The van der Waals surface area contributed by atoms with Crippen molar-refractivity contribution in [2.75, 3.05) is 0 Å². The van der Waals surface area contributed by atoms with Crippen LogP contribution in [-0.4, -0.2) is 21.2 Å². The van der Waals surface area contributed by atoms with Crippen LogP contribution in [-0.2, 0) is 4.74 Å². The van der Waals surface area contributed by atoms with E-state index in [1.54, 1.807) is 6.07 Å². The number of alkyl carbamates (subject to hydrolysis) is 1. The summed E-state index contributed by atoms with van der Waals surface area (Å²) in [6.07, 6.45) is 0.102. The Kier molecular flexibility index (Phi) is 5.17. The van der Waals surface area contributed by atoms with Crippen LogP contribution in [0.2, 0.25) is 0 Å². The Morgan fingerprint density at radius 2 is 1.93 bits per heavy atom. The van der Waals surface area contributed by atoms with E-state index in [4.69, 9.17) is 4.74 Å². The van der Waals surface area contributed by atoms with Gasteiger partial charge in [-0.3, -0.25) is 4.57 Å². The Balaban J connectivity index is 2.08. The Morgan fingerprint density at radius 1 is 1.22 bits per heavy atom. The first kappa shape index (κ1) is 18.9. The van der Waals surface area contributed by atoms with Crippen LogP contribution >= 0.6 is 0 Å². The Hall–Kier alpha value is -2.89. The molecule has 1 amide bonds. The average Bonchev–Trinajstić information content (AvgIpc) is 2.97. The van der Waals surface area contributed by atoms with Gasteiger partial charge in [-0.2, -0.15) is 0 Å². The van der Waals surface area contributed by atoms with Crippen molar-refractivity contribution in [1.82, 2.24) is 14.9 Å². The average molecular weight is 369 g/mol. The molecule has 0 bridgehead atoms. The molecule has 0 aliphatic rings. The fourth-order valence-electron chi connectivity index (χ4n) is 2.95. The van der Waals surface area contributed by atoms with Gasteiger partial charge in [0.05, 0.1) is 17.1 Å². The Bertz CT molecular complexity index is 945. The van der Waals surface area contributed by atoms with Crippen molar-refractivity contribution >= 4 is 17.1 Å². The number of ether oxygens (including phenoxy) is 1. The van der Waals surface area contributed by atoms with Gasteiger partial charge in [0.2, 0.25) is 0 Å². The second-order valence-corrected chi connectivity index (χ2v) is 7.38. The molecule has 1 N–H and O–H groups in total. The van der Waals surface area contributed by atoms with E-state index in [-0.39, 0.29) is 11.9 Å². The van der Waals surface area contributed by atoms with Crippen LogP contribution in [0.15, 0.2) is 48.5 Å². The summed E-state index contributed by atoms with van der Waals surface area (Å²) in [5.41, 5.74) is 1.58. The number of halogens is 1. The fourth-order valence-corrected chi connectivity index (χ4v) is 2.95. The zero-order valence-corrected chi connectivity index (χ0v) is 16.0. The first-order valence-electron chi connectivity index (χ1n) is 9.01. The topological polar surface area (TPSA) is 56.1 Å². The monoisotopic (exact) mass is 369 g/mol. The zero-order chi connectivity index (χ0) is 19.6. The van der Waals surface area contributed by atoms with Crippen LogP contribution in [0.3, 0.4) is 0 Å². The number of hydrogen-bond acceptors (Lipinski definition) is 3. The van der Waals surface area contributed by atoms with E-state index in [1.165, 1.54) is 12.1 Å². The number of imidazole rings is 1. The third-order valence-electron chi connectivity index (χ3n) is 4.07. The molecule has 142 valence electrons. The molecule has 5 nitrogen and oxygen atoms in total. The van der Waals surface area contributed by atoms with Gasteiger partial charge in [0.15, 0.2) is 0 Å². The molecule has 27 heavy (non-hydrogen) atoms. The third kappa shape index (κ3) is 4.27. The van der Waals surface area contributed by atoms with Gasteiger partial charge in [-0.15, -0.1) is 0 Å². The molecule has 1 aromatic heterocycles. The van der Waals surface area contributed by atoms with E-state index in [0.29, 0.717) is 23.3 Å². The van der Waals surface area contributed by atoms with Crippen molar-refractivity contribution in [2.24, 2.45) is 0 Å². The number of hydrogen-bond donors (Lipinski definition) is 1. The molecular weight excluding hydrogens is 345 g/mol. The van der Waals surface area contributed by atoms with Gasteiger partial charge < -0.3 is 10.1 Å². The normalized spacial score (nSPS) is 12.8. The number of carbonyl (C=O) groups is 1. The van der Waals surface area contributed by atoms with E-state index in [9.17, 15) is 9.18 Å². The molecule has 0 radical (unpaired) electrons. The van der Waals surface area contributed by atoms with Crippen LogP contribution in [0.25, 0.3) is 16.7 Å². The van der Waals surface area contributed by atoms with Gasteiger partial charge in [0.25, 0.3) is 0 Å². The van der Waals surface area contributed by atoms with Crippen LogP contribution < -0.4 is 5.32 Å². The SMILES string of the molecule is CCC(NC(=O)OC(C)(C)C)c1nc2ccc(F)cc2n1-c1ccccc1. The highest BCUT2D eigenvalue weighted by atomic mass is 19.1. The van der Waals surface area contributed by atoms with Crippen molar-refractivity contribution in [3.05, 3.63) is 60.2 Å². The number of para-hydroxylation sites is 1. The van der Waals surface area contributed by atoms with Crippen LogP contribution in [0.5, 0.6) is 0 Å². The maximum absolute atomic E-state index is 13.9. The summed E-state index contributed by atoms with van der Waals surface area (Å²) in [4.78, 5) is 17.0. The number of carbonyl (C=O) groups excluding carboxylic acids is 1. The van der Waals surface area contributed by atoms with Crippen molar-refractivity contribution in [2.45, 2.75) is 45.8 Å². The summed E-state index contributed by atoms with van der Waals surface area (Å²) in [5, 5.41) is 2.89. The first-order chi connectivity index (χ1) is 12.8. The number of benzene rings is 2. The lowest BCUT2D eigenvalue weighted by molar-refractivity contribution is 0.0499. The minimum Gasteiger partial charge on any atom is -0.444 e. The fraction of sp³-hybridized carbons (Fsp3) is 0.333. The number of fused-ring (bicyclic) bond motifs is 1. The van der Waals surface area contributed by atoms with E-state index in [1.807, 2.05) is 62.6 Å². The number of nitrogens with one attached hydrogen (secondary N) is 1. The molecule has 1 heterocycles. The highest BCUT2D eigenvalue weighted by Gasteiger charge is 2.24. The molecular formula is C21H24FN3O2. The van der Waals surface area contributed by atoms with Gasteiger partial charge in [0.1, 0.15) is 17.2 Å². The van der Waals surface area contributed by atoms with Gasteiger partial charge in [-0.05, 0) is 51.5 Å². The third-order valence-corrected chi connectivity index (χ3v) is 4.07. The van der Waals surface area contributed by atoms with Gasteiger partial charge in [-0.25, -0.2) is 14.2 Å². The largest absolute Gasteiger partial charge is 0.444 e. The van der Waals surface area contributed by atoms with Crippen LogP contribution in [0.4, 0.5) is 9.18 Å². The van der Waals surface area contributed by atoms with Gasteiger partial charge in [0, 0.05) is 11.8 Å². The summed E-state index contributed by atoms with van der Waals surface area (Å²) < 4.78 is 21.2. The number of aromatic nitrogens is 2. The Morgan fingerprint density at radius 3 is 2.56 bits per heavy atom. The molecule has 0 fully saturated rings. The minimum atomic E-state index is -0.592. The second kappa shape index (κ2) is 7.39. The quantitative estimate of drug-likeness (QED) is 0.693. The molecule has 3 rings (SSSR count). The molecule has 0 aliphatic carbocycles. The number of nitrogens with zero attached hydrogens (tertiary/aromatic N) is 2. The van der Waals surface area contributed by atoms with E-state index in [0.717, 1.165) is 5.69 Å². The van der Waals surface area contributed by atoms with Crippen LogP contribution in [0, 0.1) is 5.82 Å². The van der Waals surface area contributed by atoms with Gasteiger partial charge in [-0.1, -0.05) is 25.1 Å². The van der Waals surface area contributed by atoms with E-state index >= 15 is 0 Å². The molecule has 1 unspecified atom stereocenters. The summed E-state index contributed by atoms with van der Waals surface area (Å²) in [6.45, 7) is 7.40. The zero-order valence-electron chi connectivity index (χ0n) is 16.0. The minimum absolute atomic E-state index is 0.334. The molecule has 1 atom stereocenters. The molecule has 0 aliphatic heterocycles. The number of rotatable bonds is 4. The molecule has 2 aromatic carbocycles. The molecule has 3 aromatic rings. The highest BCUT2D eigenvalue weighted by molar-refractivity contribution is 5.79. The van der Waals surface area contributed by atoms with Crippen molar-refractivity contribution in [1.29, 1.82) is 0 Å². The highest BCUT2D eigenvalue weighted by Crippen LogP contribution is 2.27. The maximum atomic E-state index is 13.9. The van der Waals surface area contributed by atoms with Crippen molar-refractivity contribution < 1.29 is 13.9 Å². The smallest absolute Gasteiger partial charge is 0.408 e. The lowest BCUT2D eigenvalue weighted by Gasteiger charge is -2.23. The van der Waals surface area contributed by atoms with Crippen molar-refractivity contribution in [3.8, 4) is 5.69 Å². The lowest BCUT2D eigenvalue weighted by atomic mass is 10.2. The summed E-state index contributed by atoms with van der Waals surface area (Å²) in [7, 11) is 0. The predicted octanol–water partition coefficient (Wildman–Crippen LogP) is 5.14. The number of amides is 1. The standard InChI is InChI=1S/C21H24FN3O2/c1-5-16(24-20(26)27-21(2,3)4)19-23-17-12-11-14(22)13-18(17)25(19)15-9-7-6-8-10-15/h6-13,16H,5H2,1-4H3,(H,24,26). The second-order valence-electron chi connectivity index (χ2n) is 7.38. The molecule has 0 spiro atoms. The first-order valence-corrected chi connectivity index (χ1v) is 9.01. The predicted molar refractivity (Wildman–Crippen MR) is 103 cm³/mol. The summed E-state index contributed by atoms with van der Waals surface area (Å²) in [5.74, 6) is 0.300. The van der Waals surface area contributed by atoms with Gasteiger partial charge >= 0.3 is 6.09 Å². The lowest BCUT2D eigenvalue weighted by Crippen LogP contribution is -2.35.